The Kier molecular flexibility index (Phi) is 10.7. The summed E-state index contributed by atoms with van der Waals surface area (Å²) in [7, 11) is 0. The molecule has 3 N–H and O–H groups in total. The second-order valence-electron chi connectivity index (χ2n) is 9.18. The predicted octanol–water partition coefficient (Wildman–Crippen LogP) is 2.51. The van der Waals surface area contributed by atoms with Gasteiger partial charge in [-0.05, 0) is 30.4 Å². The molecule has 0 amide bonds. The van der Waals surface area contributed by atoms with Gasteiger partial charge in [0, 0.05) is 31.0 Å². The molecule has 3 atom stereocenters. The Bertz CT molecular complexity index is 839. The molecular weight excluding hydrogens is 440 g/mol. The van der Waals surface area contributed by atoms with Crippen LogP contribution in [0.25, 0.3) is 0 Å². The highest BCUT2D eigenvalue weighted by Crippen LogP contribution is 2.28. The van der Waals surface area contributed by atoms with Gasteiger partial charge >= 0.3 is 17.9 Å². The first-order valence-corrected chi connectivity index (χ1v) is 11.8. The van der Waals surface area contributed by atoms with E-state index in [0.29, 0.717) is 25.8 Å². The molecule has 1 aliphatic rings. The van der Waals surface area contributed by atoms with Crippen molar-refractivity contribution in [3.63, 3.8) is 0 Å². The molecule has 0 saturated heterocycles. The third-order valence-corrected chi connectivity index (χ3v) is 6.60. The van der Waals surface area contributed by atoms with Crippen molar-refractivity contribution in [2.75, 3.05) is 19.6 Å². The van der Waals surface area contributed by atoms with Gasteiger partial charge < -0.3 is 15.3 Å². The largest absolute Gasteiger partial charge is 0.480 e. The van der Waals surface area contributed by atoms with Crippen molar-refractivity contribution in [1.82, 2.24) is 9.80 Å². The second-order valence-corrected chi connectivity index (χ2v) is 9.18. The molecule has 9 nitrogen and oxygen atoms in total. The maximum atomic E-state index is 12.2. The molecule has 0 spiro atoms. The van der Waals surface area contributed by atoms with Gasteiger partial charge in [0.15, 0.2) is 0 Å². The molecule has 0 heterocycles. The van der Waals surface area contributed by atoms with E-state index in [-0.39, 0.29) is 30.3 Å². The molecule has 0 bridgehead atoms. The Morgan fingerprint density at radius 3 is 1.74 bits per heavy atom. The maximum Gasteiger partial charge on any atom is 0.317 e. The van der Waals surface area contributed by atoms with Crippen molar-refractivity contribution in [3.8, 4) is 0 Å². The first-order chi connectivity index (χ1) is 16.1. The fourth-order valence-electron chi connectivity index (χ4n) is 4.65. The highest BCUT2D eigenvalue weighted by atomic mass is 16.4. The Balaban J connectivity index is 2.22. The van der Waals surface area contributed by atoms with Crippen molar-refractivity contribution in [2.24, 2.45) is 5.92 Å². The summed E-state index contributed by atoms with van der Waals surface area (Å²) in [5, 5.41) is 28.2. The van der Waals surface area contributed by atoms with E-state index in [2.05, 4.69) is 0 Å². The van der Waals surface area contributed by atoms with Crippen LogP contribution in [0.2, 0.25) is 0 Å². The summed E-state index contributed by atoms with van der Waals surface area (Å²) in [5.41, 5.74) is 1.79. The molecule has 1 saturated carbocycles. The fraction of sp³-hybridized carbons (Fsp3) is 0.600. The van der Waals surface area contributed by atoms with Crippen LogP contribution >= 0.6 is 0 Å². The van der Waals surface area contributed by atoms with Crippen LogP contribution in [0.3, 0.4) is 0 Å². The lowest BCUT2D eigenvalue weighted by Crippen LogP contribution is -2.56. The van der Waals surface area contributed by atoms with Gasteiger partial charge in [-0.15, -0.1) is 0 Å². The van der Waals surface area contributed by atoms with Crippen LogP contribution in [0.15, 0.2) is 24.3 Å². The van der Waals surface area contributed by atoms with Crippen molar-refractivity contribution in [2.45, 2.75) is 71.0 Å². The third kappa shape index (κ3) is 8.53. The molecule has 0 radical (unpaired) electrons. The van der Waals surface area contributed by atoms with E-state index >= 15 is 0 Å². The predicted molar refractivity (Wildman–Crippen MR) is 126 cm³/mol. The highest BCUT2D eigenvalue weighted by molar-refractivity contribution is 5.82. The minimum absolute atomic E-state index is 0.00789. The molecule has 9 heteroatoms. The normalized spacial score (nSPS) is 19.2. The van der Waals surface area contributed by atoms with Gasteiger partial charge in [-0.2, -0.15) is 0 Å². The number of carbonyl (C=O) groups excluding carboxylic acids is 1. The topological polar surface area (TPSA) is 135 Å². The molecule has 188 valence electrons. The maximum absolute atomic E-state index is 12.2. The molecule has 0 aromatic heterocycles. The first kappa shape index (κ1) is 27.5. The van der Waals surface area contributed by atoms with E-state index in [9.17, 15) is 34.5 Å². The molecule has 2 rings (SSSR count). The summed E-state index contributed by atoms with van der Waals surface area (Å²) in [6, 6.07) is 6.89. The molecule has 1 unspecified atom stereocenters. The SMILES string of the molecule is CCC(C)C(=O)Cc1ccc(CN(CC(=O)O)[C@H]2CCCC[C@@H]2N(CC(=O)O)CC(=O)O)cc1. The van der Waals surface area contributed by atoms with Crippen LogP contribution in [-0.4, -0.2) is 80.5 Å². The zero-order valence-corrected chi connectivity index (χ0v) is 20.0. The minimum Gasteiger partial charge on any atom is -0.480 e. The van der Waals surface area contributed by atoms with Crippen LogP contribution in [0.1, 0.15) is 57.1 Å². The van der Waals surface area contributed by atoms with E-state index in [1.807, 2.05) is 43.0 Å². The molecule has 1 aromatic rings. The van der Waals surface area contributed by atoms with Crippen LogP contribution < -0.4 is 0 Å². The van der Waals surface area contributed by atoms with Gasteiger partial charge in [0.25, 0.3) is 0 Å². The molecule has 1 fully saturated rings. The Morgan fingerprint density at radius 1 is 0.824 bits per heavy atom. The number of carboxylic acids is 3. The van der Waals surface area contributed by atoms with E-state index in [4.69, 9.17) is 0 Å². The van der Waals surface area contributed by atoms with Crippen molar-refractivity contribution in [1.29, 1.82) is 0 Å². The van der Waals surface area contributed by atoms with Gasteiger partial charge in [-0.1, -0.05) is 51.0 Å². The number of Topliss-reactive ketones (excluding diaryl/α,β-unsaturated/α-hetero) is 1. The lowest BCUT2D eigenvalue weighted by atomic mass is 9.87. The lowest BCUT2D eigenvalue weighted by Gasteiger charge is -2.44. The van der Waals surface area contributed by atoms with Crippen molar-refractivity contribution >= 4 is 23.7 Å². The summed E-state index contributed by atoms with van der Waals surface area (Å²) in [6.45, 7) is 3.18. The molecular formula is C25H36N2O7. The number of rotatable bonds is 14. The fourth-order valence-corrected chi connectivity index (χ4v) is 4.65. The number of hydrogen-bond donors (Lipinski definition) is 3. The van der Waals surface area contributed by atoms with E-state index in [0.717, 1.165) is 30.4 Å². The second kappa shape index (κ2) is 13.2. The third-order valence-electron chi connectivity index (χ3n) is 6.60. The number of carbonyl (C=O) groups is 4. The van der Waals surface area contributed by atoms with E-state index in [1.165, 1.54) is 4.90 Å². The summed E-state index contributed by atoms with van der Waals surface area (Å²) in [5.74, 6) is -3.03. The summed E-state index contributed by atoms with van der Waals surface area (Å²) in [6.07, 6.45) is 4.12. The number of hydrogen-bond acceptors (Lipinski definition) is 6. The minimum atomic E-state index is -1.11. The summed E-state index contributed by atoms with van der Waals surface area (Å²) < 4.78 is 0. The summed E-state index contributed by atoms with van der Waals surface area (Å²) in [4.78, 5) is 49.9. The zero-order valence-electron chi connectivity index (χ0n) is 20.0. The highest BCUT2D eigenvalue weighted by Gasteiger charge is 2.36. The Hall–Kier alpha value is -2.78. The van der Waals surface area contributed by atoms with Crippen LogP contribution in [0.5, 0.6) is 0 Å². The number of benzene rings is 1. The quantitative estimate of drug-likeness (QED) is 0.370. The molecule has 0 aliphatic heterocycles. The average molecular weight is 477 g/mol. The van der Waals surface area contributed by atoms with Gasteiger partial charge in [0.2, 0.25) is 0 Å². The van der Waals surface area contributed by atoms with E-state index < -0.39 is 31.0 Å². The molecule has 1 aromatic carbocycles. The van der Waals surface area contributed by atoms with Gasteiger partial charge in [0.1, 0.15) is 5.78 Å². The smallest absolute Gasteiger partial charge is 0.317 e. The van der Waals surface area contributed by atoms with Crippen LogP contribution in [0.4, 0.5) is 0 Å². The average Bonchev–Trinajstić information content (AvgIpc) is 2.78. The van der Waals surface area contributed by atoms with E-state index in [1.54, 1.807) is 0 Å². The number of aliphatic carboxylic acids is 3. The number of nitrogens with zero attached hydrogens (tertiary/aromatic N) is 2. The monoisotopic (exact) mass is 476 g/mol. The van der Waals surface area contributed by atoms with Gasteiger partial charge in [0.05, 0.1) is 19.6 Å². The van der Waals surface area contributed by atoms with Crippen molar-refractivity contribution in [3.05, 3.63) is 35.4 Å². The van der Waals surface area contributed by atoms with Crippen LogP contribution in [-0.2, 0) is 32.1 Å². The Labute approximate surface area is 200 Å². The molecule has 34 heavy (non-hydrogen) atoms. The molecule has 1 aliphatic carbocycles. The van der Waals surface area contributed by atoms with Crippen molar-refractivity contribution < 1.29 is 34.5 Å². The Morgan fingerprint density at radius 2 is 1.26 bits per heavy atom. The standard InChI is InChI=1S/C25H36N2O7/c1-3-17(2)22(28)12-18-8-10-19(11-9-18)13-26(14-23(29)30)20-6-4-5-7-21(20)27(15-24(31)32)16-25(33)34/h8-11,17,20-21H,3-7,12-16H2,1-2H3,(H,29,30)(H,31,32)(H,33,34)/t17?,20-,21-/m0/s1. The van der Waals surface area contributed by atoms with Crippen LogP contribution in [0, 0.1) is 5.92 Å². The van der Waals surface area contributed by atoms with Gasteiger partial charge in [-0.25, -0.2) is 0 Å². The first-order valence-electron chi connectivity index (χ1n) is 11.8. The number of carboxylic acid groups (broad SMARTS) is 3. The zero-order chi connectivity index (χ0) is 25.3. The lowest BCUT2D eigenvalue weighted by molar-refractivity contribution is -0.146. The van der Waals surface area contributed by atoms with Gasteiger partial charge in [-0.3, -0.25) is 29.0 Å². The number of ketones is 1. The summed E-state index contributed by atoms with van der Waals surface area (Å²) >= 11 is 0.